The Bertz CT molecular complexity index is 903. The van der Waals surface area contributed by atoms with E-state index in [1.54, 1.807) is 4.90 Å². The van der Waals surface area contributed by atoms with Gasteiger partial charge in [-0.15, -0.1) is 0 Å². The van der Waals surface area contributed by atoms with Crippen molar-refractivity contribution in [2.45, 2.75) is 6.04 Å². The minimum Gasteiger partial charge on any atom is -0.488 e. The zero-order valence-electron chi connectivity index (χ0n) is 18.5. The van der Waals surface area contributed by atoms with E-state index in [-0.39, 0.29) is 11.9 Å². The molecular weight excluding hydrogens is 398 g/mol. The van der Waals surface area contributed by atoms with Crippen molar-refractivity contribution < 1.29 is 19.3 Å². The minimum absolute atomic E-state index is 0.105. The van der Waals surface area contributed by atoms with Crippen molar-refractivity contribution in [3.05, 3.63) is 102 Å². The summed E-state index contributed by atoms with van der Waals surface area (Å²) in [4.78, 5) is 15.8. The molecule has 0 aromatic heterocycles. The first-order chi connectivity index (χ1) is 15.8. The maximum atomic E-state index is 12.9. The Hall–Kier alpha value is -3.15. The fraction of sp³-hybridized carbons (Fsp3) is 0.296. The van der Waals surface area contributed by atoms with Crippen molar-refractivity contribution in [3.8, 4) is 5.75 Å². The molecule has 0 atom stereocenters. The highest BCUT2D eigenvalue weighted by atomic mass is 16.5. The van der Waals surface area contributed by atoms with Crippen LogP contribution in [-0.2, 0) is 4.79 Å². The van der Waals surface area contributed by atoms with Crippen molar-refractivity contribution >= 4 is 5.91 Å². The maximum Gasteiger partial charge on any atom is 0.275 e. The minimum atomic E-state index is -0.119. The molecule has 3 aromatic rings. The van der Waals surface area contributed by atoms with Crippen LogP contribution in [0.3, 0.4) is 0 Å². The number of hydrogen-bond acceptors (Lipinski definition) is 2. The van der Waals surface area contributed by atoms with Gasteiger partial charge >= 0.3 is 0 Å². The van der Waals surface area contributed by atoms with E-state index in [0.717, 1.165) is 56.2 Å². The van der Waals surface area contributed by atoms with Gasteiger partial charge < -0.3 is 19.9 Å². The van der Waals surface area contributed by atoms with Gasteiger partial charge in [-0.3, -0.25) is 4.79 Å². The SMILES string of the molecule is O=C(C[NH+]1CC[NH+](CCOc2ccccc2)CC1)NC(c1ccccc1)c1ccccc1. The topological polar surface area (TPSA) is 47.2 Å². The van der Waals surface area contributed by atoms with E-state index in [0.29, 0.717) is 6.54 Å². The van der Waals surface area contributed by atoms with Crippen LogP contribution in [0.2, 0.25) is 0 Å². The molecule has 5 heteroatoms. The third-order valence-electron chi connectivity index (χ3n) is 6.11. The summed E-state index contributed by atoms with van der Waals surface area (Å²) in [6, 6.07) is 30.2. The number of ether oxygens (including phenoxy) is 1. The predicted octanol–water partition coefficient (Wildman–Crippen LogP) is 0.755. The Labute approximate surface area is 190 Å². The smallest absolute Gasteiger partial charge is 0.275 e. The molecule has 3 N–H and O–H groups in total. The molecule has 0 saturated carbocycles. The number of para-hydroxylation sites is 1. The second kappa shape index (κ2) is 11.5. The highest BCUT2D eigenvalue weighted by Crippen LogP contribution is 2.21. The first kappa shape index (κ1) is 22.1. The number of nitrogens with one attached hydrogen (secondary N) is 3. The monoisotopic (exact) mass is 431 g/mol. The van der Waals surface area contributed by atoms with Gasteiger partial charge in [0.1, 0.15) is 45.1 Å². The highest BCUT2D eigenvalue weighted by molar-refractivity contribution is 5.77. The maximum absolute atomic E-state index is 12.9. The van der Waals surface area contributed by atoms with Crippen molar-refractivity contribution in [1.29, 1.82) is 0 Å². The van der Waals surface area contributed by atoms with Gasteiger partial charge in [0.15, 0.2) is 6.54 Å². The fourth-order valence-corrected chi connectivity index (χ4v) is 4.30. The predicted molar refractivity (Wildman–Crippen MR) is 126 cm³/mol. The van der Waals surface area contributed by atoms with E-state index in [4.69, 9.17) is 4.74 Å². The molecule has 1 aliphatic heterocycles. The van der Waals surface area contributed by atoms with Gasteiger partial charge in [-0.1, -0.05) is 78.9 Å². The molecule has 1 amide bonds. The van der Waals surface area contributed by atoms with Crippen molar-refractivity contribution in [1.82, 2.24) is 5.32 Å². The van der Waals surface area contributed by atoms with Crippen molar-refractivity contribution in [2.24, 2.45) is 0 Å². The van der Waals surface area contributed by atoms with Crippen LogP contribution in [0, 0.1) is 0 Å². The van der Waals surface area contributed by atoms with Gasteiger partial charge in [0, 0.05) is 0 Å². The molecule has 0 radical (unpaired) electrons. The second-order valence-corrected chi connectivity index (χ2v) is 8.41. The van der Waals surface area contributed by atoms with Crippen LogP contribution in [0.5, 0.6) is 5.75 Å². The number of rotatable bonds is 9. The third-order valence-corrected chi connectivity index (χ3v) is 6.11. The number of carbonyl (C=O) groups is 1. The van der Waals surface area contributed by atoms with Crippen molar-refractivity contribution in [3.63, 3.8) is 0 Å². The van der Waals surface area contributed by atoms with Crippen LogP contribution < -0.4 is 19.9 Å². The van der Waals surface area contributed by atoms with Gasteiger partial charge in [0.25, 0.3) is 5.91 Å². The Balaban J connectivity index is 1.24. The molecule has 1 fully saturated rings. The molecule has 4 rings (SSSR count). The molecule has 3 aromatic carbocycles. The van der Waals surface area contributed by atoms with Crippen LogP contribution in [-0.4, -0.2) is 51.8 Å². The molecule has 166 valence electrons. The lowest BCUT2D eigenvalue weighted by molar-refractivity contribution is -1.01. The summed E-state index contributed by atoms with van der Waals surface area (Å²) in [6.45, 7) is 6.40. The largest absolute Gasteiger partial charge is 0.488 e. The van der Waals surface area contributed by atoms with Crippen LogP contribution >= 0.6 is 0 Å². The number of amides is 1. The zero-order valence-corrected chi connectivity index (χ0v) is 18.5. The molecular formula is C27H33N3O2+2. The van der Waals surface area contributed by atoms with Gasteiger partial charge in [-0.2, -0.15) is 0 Å². The van der Waals surface area contributed by atoms with E-state index in [1.807, 2.05) is 66.7 Å². The Morgan fingerprint density at radius 1 is 0.750 bits per heavy atom. The molecule has 0 bridgehead atoms. The van der Waals surface area contributed by atoms with Gasteiger partial charge in [0.05, 0.1) is 6.04 Å². The molecule has 0 spiro atoms. The normalized spacial score (nSPS) is 18.3. The molecule has 1 saturated heterocycles. The zero-order chi connectivity index (χ0) is 22.0. The number of carbonyl (C=O) groups excluding carboxylic acids is 1. The van der Waals surface area contributed by atoms with E-state index < -0.39 is 0 Å². The van der Waals surface area contributed by atoms with Crippen LogP contribution in [0.25, 0.3) is 0 Å². The number of benzene rings is 3. The first-order valence-corrected chi connectivity index (χ1v) is 11.5. The molecule has 0 unspecified atom stereocenters. The summed E-state index contributed by atoms with van der Waals surface area (Å²) >= 11 is 0. The standard InChI is InChI=1S/C27H31N3O2/c31-26(28-27(23-10-4-1-5-11-23)24-12-6-2-7-13-24)22-30-18-16-29(17-19-30)20-21-32-25-14-8-3-9-15-25/h1-15,27H,16-22H2,(H,28,31)/p+2. The summed E-state index contributed by atoms with van der Waals surface area (Å²) in [5.41, 5.74) is 2.21. The summed E-state index contributed by atoms with van der Waals surface area (Å²) < 4.78 is 5.84. The fourth-order valence-electron chi connectivity index (χ4n) is 4.30. The lowest BCUT2D eigenvalue weighted by Crippen LogP contribution is -3.28. The number of quaternary nitrogens is 2. The average molecular weight is 432 g/mol. The highest BCUT2D eigenvalue weighted by Gasteiger charge is 2.26. The van der Waals surface area contributed by atoms with Crippen LogP contribution in [0.15, 0.2) is 91.0 Å². The van der Waals surface area contributed by atoms with Crippen molar-refractivity contribution in [2.75, 3.05) is 45.9 Å². The van der Waals surface area contributed by atoms with Crippen LogP contribution in [0.4, 0.5) is 0 Å². The molecule has 1 heterocycles. The Morgan fingerprint density at radius 3 is 1.81 bits per heavy atom. The first-order valence-electron chi connectivity index (χ1n) is 11.5. The number of hydrogen-bond donors (Lipinski definition) is 3. The summed E-state index contributed by atoms with van der Waals surface area (Å²) in [7, 11) is 0. The molecule has 0 aliphatic carbocycles. The quantitative estimate of drug-likeness (QED) is 0.468. The molecule has 32 heavy (non-hydrogen) atoms. The van der Waals surface area contributed by atoms with Gasteiger partial charge in [0.2, 0.25) is 0 Å². The van der Waals surface area contributed by atoms with E-state index in [1.165, 1.54) is 4.90 Å². The van der Waals surface area contributed by atoms with Crippen LogP contribution in [0.1, 0.15) is 17.2 Å². The summed E-state index contributed by atoms with van der Waals surface area (Å²) in [5.74, 6) is 1.03. The lowest BCUT2D eigenvalue weighted by Gasteiger charge is -2.29. The van der Waals surface area contributed by atoms with E-state index >= 15 is 0 Å². The van der Waals surface area contributed by atoms with Gasteiger partial charge in [-0.25, -0.2) is 0 Å². The number of piperazine rings is 1. The molecule has 1 aliphatic rings. The summed E-state index contributed by atoms with van der Waals surface area (Å²) in [6.07, 6.45) is 0. The van der Waals surface area contributed by atoms with E-state index in [9.17, 15) is 4.79 Å². The average Bonchev–Trinajstić information content (AvgIpc) is 2.85. The molecule has 5 nitrogen and oxygen atoms in total. The summed E-state index contributed by atoms with van der Waals surface area (Å²) in [5, 5.41) is 3.27. The second-order valence-electron chi connectivity index (χ2n) is 8.41. The third kappa shape index (κ3) is 6.42. The Morgan fingerprint density at radius 2 is 1.25 bits per heavy atom. The van der Waals surface area contributed by atoms with Gasteiger partial charge in [-0.05, 0) is 23.3 Å². The van der Waals surface area contributed by atoms with E-state index in [2.05, 4.69) is 29.6 Å². The lowest BCUT2D eigenvalue weighted by atomic mass is 9.99. The Kier molecular flexibility index (Phi) is 7.90.